The summed E-state index contributed by atoms with van der Waals surface area (Å²) in [5.41, 5.74) is 0.672. The van der Waals surface area contributed by atoms with E-state index in [1.54, 1.807) is 38.7 Å². The molecule has 4 nitrogen and oxygen atoms in total. The van der Waals surface area contributed by atoms with Gasteiger partial charge in [-0.2, -0.15) is 0 Å². The Labute approximate surface area is 105 Å². The third-order valence-corrected chi connectivity index (χ3v) is 2.64. The number of halogens is 1. The van der Waals surface area contributed by atoms with E-state index in [1.807, 2.05) is 0 Å². The van der Waals surface area contributed by atoms with Gasteiger partial charge in [-0.1, -0.05) is 0 Å². The number of methoxy groups -OCH3 is 1. The van der Waals surface area contributed by atoms with Gasteiger partial charge in [0.25, 0.3) is 0 Å². The molecule has 0 aliphatic rings. The number of hydrogen-bond donors (Lipinski definition) is 1. The second kappa shape index (κ2) is 5.55. The van der Waals surface area contributed by atoms with Crippen molar-refractivity contribution < 1.29 is 9.13 Å². The van der Waals surface area contributed by atoms with Crippen molar-refractivity contribution in [1.82, 2.24) is 15.3 Å². The molecule has 0 aliphatic heterocycles. The summed E-state index contributed by atoms with van der Waals surface area (Å²) in [6.07, 6.45) is 3.30. The van der Waals surface area contributed by atoms with Gasteiger partial charge in [0.2, 0.25) is 0 Å². The van der Waals surface area contributed by atoms with E-state index in [0.717, 1.165) is 0 Å². The van der Waals surface area contributed by atoms with Gasteiger partial charge in [0, 0.05) is 18.0 Å². The van der Waals surface area contributed by atoms with Gasteiger partial charge in [-0.15, -0.1) is 0 Å². The Morgan fingerprint density at radius 1 is 1.28 bits per heavy atom. The molecular formula is C13H14FN3O. The third-order valence-electron chi connectivity index (χ3n) is 2.64. The zero-order chi connectivity index (χ0) is 13.0. The first-order chi connectivity index (χ1) is 8.76. The number of nitrogens with one attached hydrogen (secondary N) is 1. The summed E-state index contributed by atoms with van der Waals surface area (Å²) in [4.78, 5) is 8.36. The number of hydrogen-bond acceptors (Lipinski definition) is 4. The minimum absolute atomic E-state index is 0.308. The van der Waals surface area contributed by atoms with Gasteiger partial charge in [-0.25, -0.2) is 14.4 Å². The standard InChI is InChI=1S/C13H14FN3O/c1-15-12(13-16-6-3-7-17-13)10-8-9(14)4-5-11(10)18-2/h3-8,12,15H,1-2H3. The Bertz CT molecular complexity index is 519. The van der Waals surface area contributed by atoms with Crippen LogP contribution >= 0.6 is 0 Å². The zero-order valence-corrected chi connectivity index (χ0v) is 10.2. The molecule has 2 rings (SSSR count). The molecular weight excluding hydrogens is 233 g/mol. The van der Waals surface area contributed by atoms with E-state index >= 15 is 0 Å². The van der Waals surface area contributed by atoms with Crippen LogP contribution in [0.15, 0.2) is 36.7 Å². The average molecular weight is 247 g/mol. The van der Waals surface area contributed by atoms with E-state index < -0.39 is 0 Å². The lowest BCUT2D eigenvalue weighted by Gasteiger charge is -2.17. The summed E-state index contributed by atoms with van der Waals surface area (Å²) in [5.74, 6) is 0.856. The highest BCUT2D eigenvalue weighted by molar-refractivity contribution is 5.39. The SMILES string of the molecule is CNC(c1ncccn1)c1cc(F)ccc1OC. The lowest BCUT2D eigenvalue weighted by Crippen LogP contribution is -2.21. The Balaban J connectivity index is 2.48. The fourth-order valence-corrected chi connectivity index (χ4v) is 1.81. The number of benzene rings is 1. The highest BCUT2D eigenvalue weighted by Gasteiger charge is 2.19. The normalized spacial score (nSPS) is 12.2. The van der Waals surface area contributed by atoms with Crippen LogP contribution in [0, 0.1) is 5.82 Å². The van der Waals surface area contributed by atoms with Crippen LogP contribution in [0.2, 0.25) is 0 Å². The molecule has 0 saturated heterocycles. The van der Waals surface area contributed by atoms with Crippen LogP contribution in [0.25, 0.3) is 0 Å². The topological polar surface area (TPSA) is 47.0 Å². The molecule has 1 aromatic heterocycles. The monoisotopic (exact) mass is 247 g/mol. The molecule has 0 spiro atoms. The van der Waals surface area contributed by atoms with E-state index in [0.29, 0.717) is 17.1 Å². The molecule has 1 aromatic carbocycles. The smallest absolute Gasteiger partial charge is 0.149 e. The van der Waals surface area contributed by atoms with Crippen molar-refractivity contribution in [3.8, 4) is 5.75 Å². The van der Waals surface area contributed by atoms with Crippen molar-refractivity contribution in [2.45, 2.75) is 6.04 Å². The summed E-state index contributed by atoms with van der Waals surface area (Å²) in [6, 6.07) is 5.81. The number of nitrogens with zero attached hydrogens (tertiary/aromatic N) is 2. The maximum absolute atomic E-state index is 13.4. The summed E-state index contributed by atoms with van der Waals surface area (Å²) in [6.45, 7) is 0. The van der Waals surface area contributed by atoms with Gasteiger partial charge in [-0.3, -0.25) is 0 Å². The second-order valence-electron chi connectivity index (χ2n) is 3.71. The van der Waals surface area contributed by atoms with Crippen LogP contribution in [-0.4, -0.2) is 24.1 Å². The van der Waals surface area contributed by atoms with Crippen molar-refractivity contribution in [3.63, 3.8) is 0 Å². The van der Waals surface area contributed by atoms with Crippen LogP contribution < -0.4 is 10.1 Å². The van der Waals surface area contributed by atoms with Crippen LogP contribution in [0.4, 0.5) is 4.39 Å². The molecule has 2 aromatic rings. The first kappa shape index (κ1) is 12.4. The molecule has 0 amide bonds. The molecule has 0 saturated carbocycles. The number of rotatable bonds is 4. The van der Waals surface area contributed by atoms with E-state index in [1.165, 1.54) is 12.1 Å². The summed E-state index contributed by atoms with van der Waals surface area (Å²) in [7, 11) is 3.32. The first-order valence-electron chi connectivity index (χ1n) is 5.54. The Kier molecular flexibility index (Phi) is 3.84. The van der Waals surface area contributed by atoms with Gasteiger partial charge in [0.1, 0.15) is 17.4 Å². The molecule has 5 heteroatoms. The lowest BCUT2D eigenvalue weighted by atomic mass is 10.0. The van der Waals surface area contributed by atoms with Crippen molar-refractivity contribution >= 4 is 0 Å². The third kappa shape index (κ3) is 2.46. The molecule has 1 N–H and O–H groups in total. The molecule has 0 bridgehead atoms. The van der Waals surface area contributed by atoms with Crippen LogP contribution in [-0.2, 0) is 0 Å². The zero-order valence-electron chi connectivity index (χ0n) is 10.2. The maximum Gasteiger partial charge on any atom is 0.149 e. The predicted octanol–water partition coefficient (Wildman–Crippen LogP) is 1.93. The minimum atomic E-state index is -0.318. The predicted molar refractivity (Wildman–Crippen MR) is 65.9 cm³/mol. The molecule has 1 atom stereocenters. The lowest BCUT2D eigenvalue weighted by molar-refractivity contribution is 0.402. The van der Waals surface area contributed by atoms with Crippen molar-refractivity contribution in [1.29, 1.82) is 0 Å². The fourth-order valence-electron chi connectivity index (χ4n) is 1.81. The molecule has 94 valence electrons. The van der Waals surface area contributed by atoms with E-state index in [4.69, 9.17) is 4.74 Å². The minimum Gasteiger partial charge on any atom is -0.496 e. The largest absolute Gasteiger partial charge is 0.496 e. The molecule has 18 heavy (non-hydrogen) atoms. The van der Waals surface area contributed by atoms with E-state index in [2.05, 4.69) is 15.3 Å². The summed E-state index contributed by atoms with van der Waals surface area (Å²) < 4.78 is 18.6. The maximum atomic E-state index is 13.4. The van der Waals surface area contributed by atoms with Gasteiger partial charge >= 0.3 is 0 Å². The van der Waals surface area contributed by atoms with Crippen molar-refractivity contribution in [3.05, 3.63) is 53.9 Å². The molecule has 0 radical (unpaired) electrons. The van der Waals surface area contributed by atoms with Gasteiger partial charge in [-0.05, 0) is 31.3 Å². The van der Waals surface area contributed by atoms with Crippen LogP contribution in [0.3, 0.4) is 0 Å². The second-order valence-corrected chi connectivity index (χ2v) is 3.71. The molecule has 0 fully saturated rings. The number of aromatic nitrogens is 2. The molecule has 1 unspecified atom stereocenters. The van der Waals surface area contributed by atoms with Crippen LogP contribution in [0.1, 0.15) is 17.4 Å². The Morgan fingerprint density at radius 2 is 2.00 bits per heavy atom. The van der Waals surface area contributed by atoms with Crippen LogP contribution in [0.5, 0.6) is 5.75 Å². The fraction of sp³-hybridized carbons (Fsp3) is 0.231. The van der Waals surface area contributed by atoms with Gasteiger partial charge in [0.05, 0.1) is 13.2 Å². The van der Waals surface area contributed by atoms with E-state index in [9.17, 15) is 4.39 Å². The number of ether oxygens (including phenoxy) is 1. The summed E-state index contributed by atoms with van der Waals surface area (Å²) in [5, 5.41) is 3.06. The highest BCUT2D eigenvalue weighted by atomic mass is 19.1. The first-order valence-corrected chi connectivity index (χ1v) is 5.54. The Morgan fingerprint density at radius 3 is 2.61 bits per heavy atom. The highest BCUT2D eigenvalue weighted by Crippen LogP contribution is 2.28. The van der Waals surface area contributed by atoms with Gasteiger partial charge in [0.15, 0.2) is 0 Å². The quantitative estimate of drug-likeness (QED) is 0.896. The average Bonchev–Trinajstić information content (AvgIpc) is 2.41. The van der Waals surface area contributed by atoms with Crippen molar-refractivity contribution in [2.75, 3.05) is 14.2 Å². The molecule has 0 aliphatic carbocycles. The molecule has 1 heterocycles. The summed E-state index contributed by atoms with van der Waals surface area (Å²) >= 11 is 0. The van der Waals surface area contributed by atoms with Gasteiger partial charge < -0.3 is 10.1 Å². The van der Waals surface area contributed by atoms with E-state index in [-0.39, 0.29) is 11.9 Å². The Hall–Kier alpha value is -2.01. The van der Waals surface area contributed by atoms with Crippen molar-refractivity contribution in [2.24, 2.45) is 0 Å².